The lowest BCUT2D eigenvalue weighted by molar-refractivity contribution is 0.173. The second kappa shape index (κ2) is 6.28. The second-order valence-electron chi connectivity index (χ2n) is 5.38. The van der Waals surface area contributed by atoms with Gasteiger partial charge >= 0.3 is 0 Å². The molecule has 0 radical (unpaired) electrons. The summed E-state index contributed by atoms with van der Waals surface area (Å²) in [6, 6.07) is 9.03. The van der Waals surface area contributed by atoms with E-state index in [0.29, 0.717) is 11.5 Å². The van der Waals surface area contributed by atoms with Gasteiger partial charge in [0, 0.05) is 17.7 Å². The highest BCUT2D eigenvalue weighted by Crippen LogP contribution is 2.43. The summed E-state index contributed by atoms with van der Waals surface area (Å²) in [7, 11) is 4.80. The molecular formula is C18H20O5. The van der Waals surface area contributed by atoms with Crippen LogP contribution in [0.1, 0.15) is 23.7 Å². The summed E-state index contributed by atoms with van der Waals surface area (Å²) in [6.07, 6.45) is 1.56. The maximum Gasteiger partial charge on any atom is 0.160 e. The second-order valence-corrected chi connectivity index (χ2v) is 5.38. The monoisotopic (exact) mass is 316 g/mol. The molecule has 23 heavy (non-hydrogen) atoms. The maximum atomic E-state index is 9.73. The predicted octanol–water partition coefficient (Wildman–Crippen LogP) is 3.48. The lowest BCUT2D eigenvalue weighted by Crippen LogP contribution is -2.16. The maximum absolute atomic E-state index is 9.73. The molecule has 0 saturated carbocycles. The summed E-state index contributed by atoms with van der Waals surface area (Å²) in [5.41, 5.74) is 2.02. The van der Waals surface area contributed by atoms with Gasteiger partial charge in [0.2, 0.25) is 0 Å². The van der Waals surface area contributed by atoms with E-state index in [9.17, 15) is 5.11 Å². The zero-order valence-electron chi connectivity index (χ0n) is 13.5. The van der Waals surface area contributed by atoms with Gasteiger partial charge in [-0.05, 0) is 30.5 Å². The number of methoxy groups -OCH3 is 3. The Hall–Kier alpha value is -2.56. The molecule has 122 valence electrons. The van der Waals surface area contributed by atoms with Crippen LogP contribution in [-0.4, -0.2) is 26.4 Å². The first-order valence-corrected chi connectivity index (χ1v) is 7.44. The minimum Gasteiger partial charge on any atom is -0.504 e. The van der Waals surface area contributed by atoms with E-state index < -0.39 is 0 Å². The molecule has 1 aliphatic heterocycles. The van der Waals surface area contributed by atoms with Crippen molar-refractivity contribution < 1.29 is 24.1 Å². The van der Waals surface area contributed by atoms with Crippen molar-refractivity contribution in [3.8, 4) is 28.7 Å². The summed E-state index contributed by atoms with van der Waals surface area (Å²) >= 11 is 0. The molecule has 1 aliphatic rings. The third-order valence-electron chi connectivity index (χ3n) is 4.10. The van der Waals surface area contributed by atoms with Crippen molar-refractivity contribution in [3.63, 3.8) is 0 Å². The molecule has 0 aliphatic carbocycles. The van der Waals surface area contributed by atoms with E-state index in [1.165, 1.54) is 7.11 Å². The van der Waals surface area contributed by atoms with Crippen molar-refractivity contribution in [2.75, 3.05) is 21.3 Å². The Balaban J connectivity index is 1.93. The molecule has 1 N–H and O–H groups in total. The zero-order valence-corrected chi connectivity index (χ0v) is 13.5. The number of aromatic hydroxyl groups is 1. The van der Waals surface area contributed by atoms with E-state index in [1.807, 2.05) is 24.3 Å². The smallest absolute Gasteiger partial charge is 0.160 e. The summed E-state index contributed by atoms with van der Waals surface area (Å²) in [6.45, 7) is 0. The van der Waals surface area contributed by atoms with Gasteiger partial charge in [-0.25, -0.2) is 0 Å². The number of hydrogen-bond donors (Lipinski definition) is 1. The SMILES string of the molecule is COc1cc(OC)c2c(c1)O[C@H](c1ccc(O)c(OC)c1)CC2. The van der Waals surface area contributed by atoms with Gasteiger partial charge in [0.05, 0.1) is 21.3 Å². The standard InChI is InChI=1S/C18H20O5/c1-20-12-9-16(21-2)13-5-7-15(23-17(13)10-12)11-4-6-14(19)18(8-11)22-3/h4,6,8-10,15,19H,5,7H2,1-3H3/t15-/m0/s1. The van der Waals surface area contributed by atoms with Gasteiger partial charge in [-0.15, -0.1) is 0 Å². The first-order valence-electron chi connectivity index (χ1n) is 7.44. The highest BCUT2D eigenvalue weighted by atomic mass is 16.5. The van der Waals surface area contributed by atoms with E-state index in [1.54, 1.807) is 20.3 Å². The number of benzene rings is 2. The topological polar surface area (TPSA) is 57.2 Å². The van der Waals surface area contributed by atoms with Crippen LogP contribution in [0.3, 0.4) is 0 Å². The van der Waals surface area contributed by atoms with Crippen molar-refractivity contribution in [2.24, 2.45) is 0 Å². The van der Waals surface area contributed by atoms with Crippen molar-refractivity contribution in [2.45, 2.75) is 18.9 Å². The third kappa shape index (κ3) is 2.86. The number of hydrogen-bond acceptors (Lipinski definition) is 5. The van der Waals surface area contributed by atoms with Gasteiger partial charge < -0.3 is 24.1 Å². The number of phenols is 1. The molecule has 2 aromatic carbocycles. The van der Waals surface area contributed by atoms with Crippen LogP contribution < -0.4 is 18.9 Å². The Bertz CT molecular complexity index is 711. The number of ether oxygens (including phenoxy) is 4. The molecule has 0 bridgehead atoms. The number of rotatable bonds is 4. The quantitative estimate of drug-likeness (QED) is 0.936. The zero-order chi connectivity index (χ0) is 16.4. The first-order chi connectivity index (χ1) is 11.2. The van der Waals surface area contributed by atoms with Gasteiger partial charge in [-0.3, -0.25) is 0 Å². The Morgan fingerprint density at radius 3 is 2.48 bits per heavy atom. The van der Waals surface area contributed by atoms with Gasteiger partial charge in [0.25, 0.3) is 0 Å². The average molecular weight is 316 g/mol. The number of phenolic OH excluding ortho intramolecular Hbond substituents is 1. The van der Waals surface area contributed by atoms with Crippen LogP contribution in [0.4, 0.5) is 0 Å². The lowest BCUT2D eigenvalue weighted by atomic mass is 9.96. The Labute approximate surface area is 135 Å². The molecule has 0 amide bonds. The van der Waals surface area contributed by atoms with Crippen LogP contribution in [0.25, 0.3) is 0 Å². The fraction of sp³-hybridized carbons (Fsp3) is 0.333. The van der Waals surface area contributed by atoms with Crippen LogP contribution in [0.2, 0.25) is 0 Å². The van der Waals surface area contributed by atoms with Gasteiger partial charge in [-0.2, -0.15) is 0 Å². The highest BCUT2D eigenvalue weighted by Gasteiger charge is 2.25. The Morgan fingerprint density at radius 1 is 1.00 bits per heavy atom. The Morgan fingerprint density at radius 2 is 1.78 bits per heavy atom. The summed E-state index contributed by atoms with van der Waals surface area (Å²) in [4.78, 5) is 0. The highest BCUT2D eigenvalue weighted by molar-refractivity contribution is 5.52. The summed E-state index contributed by atoms with van der Waals surface area (Å²) in [5, 5.41) is 9.73. The van der Waals surface area contributed by atoms with E-state index in [4.69, 9.17) is 18.9 Å². The molecule has 1 atom stereocenters. The van der Waals surface area contributed by atoms with Crippen molar-refractivity contribution in [3.05, 3.63) is 41.5 Å². The van der Waals surface area contributed by atoms with Gasteiger partial charge in [0.1, 0.15) is 23.4 Å². The molecule has 0 saturated heterocycles. The molecule has 2 aromatic rings. The molecular weight excluding hydrogens is 296 g/mol. The first kappa shape index (κ1) is 15.3. The molecule has 5 heteroatoms. The van der Waals surface area contributed by atoms with E-state index >= 15 is 0 Å². The van der Waals surface area contributed by atoms with Crippen LogP contribution in [0.5, 0.6) is 28.7 Å². The van der Waals surface area contributed by atoms with Crippen LogP contribution in [-0.2, 0) is 6.42 Å². The molecule has 0 fully saturated rings. The Kier molecular flexibility index (Phi) is 4.19. The van der Waals surface area contributed by atoms with Crippen molar-refractivity contribution in [1.82, 2.24) is 0 Å². The van der Waals surface area contributed by atoms with Crippen molar-refractivity contribution >= 4 is 0 Å². The minimum atomic E-state index is -0.103. The summed E-state index contributed by atoms with van der Waals surface area (Å²) in [5.74, 6) is 2.81. The molecule has 0 unspecified atom stereocenters. The van der Waals surface area contributed by atoms with Gasteiger partial charge in [-0.1, -0.05) is 6.07 Å². The normalized spacial score (nSPS) is 16.2. The van der Waals surface area contributed by atoms with E-state index in [-0.39, 0.29) is 11.9 Å². The number of fused-ring (bicyclic) bond motifs is 1. The van der Waals surface area contributed by atoms with E-state index in [0.717, 1.165) is 35.5 Å². The third-order valence-corrected chi connectivity index (χ3v) is 4.10. The molecule has 5 nitrogen and oxygen atoms in total. The largest absolute Gasteiger partial charge is 0.504 e. The molecule has 1 heterocycles. The fourth-order valence-electron chi connectivity index (χ4n) is 2.86. The minimum absolute atomic E-state index is 0.103. The van der Waals surface area contributed by atoms with Crippen LogP contribution in [0, 0.1) is 0 Å². The summed E-state index contributed by atoms with van der Waals surface area (Å²) < 4.78 is 22.1. The molecule has 0 spiro atoms. The van der Waals surface area contributed by atoms with E-state index in [2.05, 4.69) is 0 Å². The van der Waals surface area contributed by atoms with Gasteiger partial charge in [0.15, 0.2) is 11.5 Å². The predicted molar refractivity (Wildman–Crippen MR) is 85.9 cm³/mol. The van der Waals surface area contributed by atoms with Crippen molar-refractivity contribution in [1.29, 1.82) is 0 Å². The fourth-order valence-corrected chi connectivity index (χ4v) is 2.86. The lowest BCUT2D eigenvalue weighted by Gasteiger charge is -2.28. The average Bonchev–Trinajstić information content (AvgIpc) is 2.60. The molecule has 0 aromatic heterocycles. The van der Waals surface area contributed by atoms with Crippen LogP contribution in [0.15, 0.2) is 30.3 Å². The van der Waals surface area contributed by atoms with Crippen LogP contribution >= 0.6 is 0 Å². The molecule has 3 rings (SSSR count).